The number of benzene rings is 2. The van der Waals surface area contributed by atoms with Crippen LogP contribution in [0.4, 0.5) is 15.3 Å². The van der Waals surface area contributed by atoms with E-state index in [1.54, 1.807) is 0 Å². The van der Waals surface area contributed by atoms with E-state index in [9.17, 15) is 19.8 Å². The zero-order valence-electron chi connectivity index (χ0n) is 19.6. The molecular formula is C26H34N2O5. The molecule has 0 atom stereocenters. The number of aliphatic hydroxyl groups is 1. The van der Waals surface area contributed by atoms with Gasteiger partial charge in [-0.1, -0.05) is 42.5 Å². The number of nitrogens with zero attached hydrogens (tertiary/aromatic N) is 1. The molecule has 1 saturated carbocycles. The number of amides is 2. The van der Waals surface area contributed by atoms with E-state index in [0.29, 0.717) is 37.8 Å². The molecule has 2 aromatic rings. The topological polar surface area (TPSA) is 99.1 Å². The lowest BCUT2D eigenvalue weighted by molar-refractivity contribution is 0.0490. The number of aliphatic hydroxyl groups excluding tert-OH is 1. The summed E-state index contributed by atoms with van der Waals surface area (Å²) in [6.45, 7) is 5.47. The zero-order valence-corrected chi connectivity index (χ0v) is 19.6. The van der Waals surface area contributed by atoms with E-state index in [4.69, 9.17) is 4.74 Å². The second kappa shape index (κ2) is 10.7. The number of hydrogen-bond acceptors (Lipinski definition) is 4. The van der Waals surface area contributed by atoms with Gasteiger partial charge in [0.05, 0.1) is 5.69 Å². The van der Waals surface area contributed by atoms with Crippen LogP contribution in [-0.4, -0.2) is 46.7 Å². The third-order valence-electron chi connectivity index (χ3n) is 5.80. The summed E-state index contributed by atoms with van der Waals surface area (Å²) in [4.78, 5) is 26.0. The molecule has 2 aromatic carbocycles. The average Bonchev–Trinajstić information content (AvgIpc) is 2.75. The Hall–Kier alpha value is -3.06. The number of ether oxygens (including phenoxy) is 1. The van der Waals surface area contributed by atoms with Crippen LogP contribution in [0.15, 0.2) is 48.5 Å². The first-order chi connectivity index (χ1) is 15.7. The molecule has 0 radical (unpaired) electrons. The number of alkyl carbamates (subject to hydrolysis) is 1. The summed E-state index contributed by atoms with van der Waals surface area (Å²) in [6.07, 6.45) is 1.62. The van der Waals surface area contributed by atoms with Crippen molar-refractivity contribution in [1.29, 1.82) is 0 Å². The van der Waals surface area contributed by atoms with Crippen LogP contribution in [0.3, 0.4) is 0 Å². The summed E-state index contributed by atoms with van der Waals surface area (Å²) in [5.41, 5.74) is 2.74. The van der Waals surface area contributed by atoms with E-state index in [1.807, 2.05) is 69.3 Å². The van der Waals surface area contributed by atoms with Gasteiger partial charge in [-0.15, -0.1) is 0 Å². The number of nitrogens with one attached hydrogen (secondary N) is 1. The molecule has 178 valence electrons. The van der Waals surface area contributed by atoms with Crippen LogP contribution in [0.1, 0.15) is 52.0 Å². The Balaban J connectivity index is 1.81. The SMILES string of the molecule is CC(C)(C)OC(=O)N[C@H]1CC[C@H](N(C(=O)O)c2cc(CCO)ccc2-c2ccccc2)CC1. The zero-order chi connectivity index (χ0) is 24.0. The van der Waals surface area contributed by atoms with Gasteiger partial charge in [-0.05, 0) is 70.1 Å². The highest BCUT2D eigenvalue weighted by molar-refractivity contribution is 5.93. The first-order valence-corrected chi connectivity index (χ1v) is 11.5. The van der Waals surface area contributed by atoms with Gasteiger partial charge in [0.1, 0.15) is 5.60 Å². The van der Waals surface area contributed by atoms with E-state index in [-0.39, 0.29) is 18.7 Å². The van der Waals surface area contributed by atoms with Gasteiger partial charge in [-0.25, -0.2) is 9.59 Å². The Morgan fingerprint density at radius 1 is 1.06 bits per heavy atom. The number of anilines is 1. The Morgan fingerprint density at radius 3 is 2.30 bits per heavy atom. The lowest BCUT2D eigenvalue weighted by Gasteiger charge is -2.36. The van der Waals surface area contributed by atoms with Crippen molar-refractivity contribution in [2.45, 2.75) is 70.6 Å². The second-order valence-corrected chi connectivity index (χ2v) is 9.50. The fourth-order valence-electron chi connectivity index (χ4n) is 4.33. The van der Waals surface area contributed by atoms with Crippen molar-refractivity contribution in [3.05, 3.63) is 54.1 Å². The van der Waals surface area contributed by atoms with Gasteiger partial charge in [0.25, 0.3) is 0 Å². The Bertz CT molecular complexity index is 947. The monoisotopic (exact) mass is 454 g/mol. The lowest BCUT2D eigenvalue weighted by Crippen LogP contribution is -2.47. The van der Waals surface area contributed by atoms with Crippen LogP contribution in [0.5, 0.6) is 0 Å². The van der Waals surface area contributed by atoms with E-state index in [1.165, 1.54) is 4.90 Å². The van der Waals surface area contributed by atoms with Crippen LogP contribution in [0.2, 0.25) is 0 Å². The lowest BCUT2D eigenvalue weighted by atomic mass is 9.89. The highest BCUT2D eigenvalue weighted by Crippen LogP contribution is 2.36. The molecule has 0 aliphatic heterocycles. The molecule has 0 unspecified atom stereocenters. The van der Waals surface area contributed by atoms with Crippen molar-refractivity contribution >= 4 is 17.9 Å². The van der Waals surface area contributed by atoms with Gasteiger partial charge in [-0.2, -0.15) is 0 Å². The fraction of sp³-hybridized carbons (Fsp3) is 0.462. The highest BCUT2D eigenvalue weighted by atomic mass is 16.6. The molecule has 7 heteroatoms. The quantitative estimate of drug-likeness (QED) is 0.557. The number of carbonyl (C=O) groups excluding carboxylic acids is 1. The molecule has 3 rings (SSSR count). The molecule has 0 saturated heterocycles. The molecule has 0 bridgehead atoms. The summed E-state index contributed by atoms with van der Waals surface area (Å²) in [6, 6.07) is 15.2. The molecule has 0 aromatic heterocycles. The molecule has 33 heavy (non-hydrogen) atoms. The summed E-state index contributed by atoms with van der Waals surface area (Å²) in [7, 11) is 0. The number of rotatable bonds is 6. The van der Waals surface area contributed by atoms with Crippen molar-refractivity contribution in [3.8, 4) is 11.1 Å². The van der Waals surface area contributed by atoms with Crippen LogP contribution in [-0.2, 0) is 11.2 Å². The van der Waals surface area contributed by atoms with Crippen LogP contribution >= 0.6 is 0 Å². The predicted molar refractivity (Wildman–Crippen MR) is 129 cm³/mol. The molecular weight excluding hydrogens is 420 g/mol. The normalized spacial score (nSPS) is 18.4. The Morgan fingerprint density at radius 2 is 1.73 bits per heavy atom. The van der Waals surface area contributed by atoms with Gasteiger partial charge in [0.15, 0.2) is 0 Å². The smallest absolute Gasteiger partial charge is 0.412 e. The van der Waals surface area contributed by atoms with Crippen molar-refractivity contribution in [3.63, 3.8) is 0 Å². The first-order valence-electron chi connectivity index (χ1n) is 11.5. The van der Waals surface area contributed by atoms with Crippen LogP contribution < -0.4 is 10.2 Å². The largest absolute Gasteiger partial charge is 0.465 e. The fourth-order valence-corrected chi connectivity index (χ4v) is 4.33. The Kier molecular flexibility index (Phi) is 7.97. The summed E-state index contributed by atoms with van der Waals surface area (Å²) in [5.74, 6) is 0. The Labute approximate surface area is 195 Å². The molecule has 0 spiro atoms. The third-order valence-corrected chi connectivity index (χ3v) is 5.80. The standard InChI is InChI=1S/C26H34N2O5/c1-26(2,3)33-24(30)27-20-10-12-21(13-11-20)28(25(31)32)23-17-18(15-16-29)9-14-22(23)19-7-5-4-6-8-19/h4-9,14,17,20-21,29H,10-13,15-16H2,1-3H3,(H,27,30)(H,31,32)/t20-,21-. The maximum Gasteiger partial charge on any atom is 0.412 e. The van der Waals surface area contributed by atoms with Crippen molar-refractivity contribution < 1.29 is 24.5 Å². The minimum absolute atomic E-state index is 0.00135. The van der Waals surface area contributed by atoms with E-state index in [0.717, 1.165) is 16.7 Å². The predicted octanol–water partition coefficient (Wildman–Crippen LogP) is 5.21. The van der Waals surface area contributed by atoms with E-state index in [2.05, 4.69) is 5.32 Å². The second-order valence-electron chi connectivity index (χ2n) is 9.50. The van der Waals surface area contributed by atoms with Crippen molar-refractivity contribution in [1.82, 2.24) is 5.32 Å². The van der Waals surface area contributed by atoms with Crippen LogP contribution in [0, 0.1) is 0 Å². The number of carboxylic acid groups (broad SMARTS) is 1. The first kappa shape index (κ1) is 24.6. The minimum atomic E-state index is -1.00. The van der Waals surface area contributed by atoms with E-state index >= 15 is 0 Å². The van der Waals surface area contributed by atoms with Gasteiger partial charge in [-0.3, -0.25) is 4.90 Å². The van der Waals surface area contributed by atoms with Gasteiger partial charge >= 0.3 is 12.2 Å². The third kappa shape index (κ3) is 6.71. The van der Waals surface area contributed by atoms with E-state index < -0.39 is 17.8 Å². The highest BCUT2D eigenvalue weighted by Gasteiger charge is 2.32. The van der Waals surface area contributed by atoms with Gasteiger partial charge in [0.2, 0.25) is 0 Å². The molecule has 1 fully saturated rings. The van der Waals surface area contributed by atoms with Gasteiger partial charge < -0.3 is 20.3 Å². The molecule has 1 aliphatic carbocycles. The minimum Gasteiger partial charge on any atom is -0.465 e. The molecule has 0 heterocycles. The molecule has 3 N–H and O–H groups in total. The van der Waals surface area contributed by atoms with Crippen molar-refractivity contribution in [2.24, 2.45) is 0 Å². The summed E-state index contributed by atoms with van der Waals surface area (Å²) >= 11 is 0. The molecule has 7 nitrogen and oxygen atoms in total. The van der Waals surface area contributed by atoms with Crippen molar-refractivity contribution in [2.75, 3.05) is 11.5 Å². The maximum atomic E-state index is 12.5. The summed E-state index contributed by atoms with van der Waals surface area (Å²) in [5, 5.41) is 22.5. The summed E-state index contributed by atoms with van der Waals surface area (Å²) < 4.78 is 5.35. The number of carbonyl (C=O) groups is 2. The van der Waals surface area contributed by atoms with Crippen LogP contribution in [0.25, 0.3) is 11.1 Å². The molecule has 1 aliphatic rings. The maximum absolute atomic E-state index is 12.5. The average molecular weight is 455 g/mol. The number of hydrogen-bond donors (Lipinski definition) is 3. The van der Waals surface area contributed by atoms with Gasteiger partial charge in [0, 0.05) is 24.3 Å². The molecule has 2 amide bonds.